The maximum atomic E-state index is 12.5. The number of carbonyl (C=O) groups excluding carboxylic acids is 1. The Labute approximate surface area is 227 Å². The molecule has 0 saturated heterocycles. The average molecular weight is 615 g/mol. The van der Waals surface area contributed by atoms with E-state index >= 15 is 0 Å². The van der Waals surface area contributed by atoms with Crippen molar-refractivity contribution in [1.82, 2.24) is 19.9 Å². The summed E-state index contributed by atoms with van der Waals surface area (Å²) in [6.07, 6.45) is -13.9. The Balaban J connectivity index is 0.000000225. The molecule has 1 N–H and O–H groups in total. The van der Waals surface area contributed by atoms with Gasteiger partial charge < -0.3 is 5.11 Å². The van der Waals surface area contributed by atoms with Gasteiger partial charge in [-0.05, 0) is 38.1 Å². The number of aldehydes is 1. The van der Waals surface area contributed by atoms with Crippen LogP contribution in [0.25, 0.3) is 21.1 Å². The van der Waals surface area contributed by atoms with Gasteiger partial charge in [0.2, 0.25) is 0 Å². The first-order chi connectivity index (χ1) is 18.4. The number of nitrogens with zero attached hydrogens (tertiary/aromatic N) is 4. The largest absolute Gasteiger partial charge is 0.433 e. The van der Waals surface area contributed by atoms with E-state index in [4.69, 9.17) is 0 Å². The monoisotopic (exact) mass is 614 g/mol. The Morgan fingerprint density at radius 3 is 1.55 bits per heavy atom. The summed E-state index contributed by atoms with van der Waals surface area (Å²) in [6, 6.07) is 3.97. The van der Waals surface area contributed by atoms with Gasteiger partial charge in [0.15, 0.2) is 12.4 Å². The third-order valence-electron chi connectivity index (χ3n) is 4.93. The summed E-state index contributed by atoms with van der Waals surface area (Å²) in [7, 11) is 0. The molecule has 0 aliphatic rings. The van der Waals surface area contributed by atoms with Crippen molar-refractivity contribution >= 4 is 29.0 Å². The Bertz CT molecular complexity index is 1460. The third-order valence-corrected chi connectivity index (χ3v) is 7.32. The number of carbonyl (C=O) groups is 1. The highest BCUT2D eigenvalue weighted by molar-refractivity contribution is 7.16. The van der Waals surface area contributed by atoms with Gasteiger partial charge in [0.25, 0.3) is 0 Å². The van der Waals surface area contributed by atoms with E-state index in [9.17, 15) is 49.4 Å². The van der Waals surface area contributed by atoms with E-state index in [1.807, 2.05) is 0 Å². The number of aliphatic hydroxyl groups is 1. The van der Waals surface area contributed by atoms with Crippen LogP contribution in [-0.2, 0) is 12.4 Å². The maximum Gasteiger partial charge on any atom is 0.433 e. The molecule has 40 heavy (non-hydrogen) atoms. The molecule has 4 heterocycles. The average Bonchev–Trinajstić information content (AvgIpc) is 3.44. The Hall–Kier alpha value is -3.44. The van der Waals surface area contributed by atoms with Crippen molar-refractivity contribution < 1.29 is 49.4 Å². The van der Waals surface area contributed by atoms with Gasteiger partial charge in [-0.3, -0.25) is 14.8 Å². The minimum atomic E-state index is -4.84. The van der Waals surface area contributed by atoms with Crippen molar-refractivity contribution in [3.63, 3.8) is 0 Å². The molecular formula is C23H15F9N4O2S2. The van der Waals surface area contributed by atoms with E-state index in [-0.39, 0.29) is 16.3 Å². The summed E-state index contributed by atoms with van der Waals surface area (Å²) in [5.74, 6) is 0. The molecule has 0 bridgehead atoms. The molecule has 0 aliphatic heterocycles. The highest BCUT2D eigenvalue weighted by atomic mass is 32.1. The van der Waals surface area contributed by atoms with E-state index in [0.29, 0.717) is 44.8 Å². The number of alkyl halides is 9. The quantitative estimate of drug-likeness (QED) is 0.190. The molecule has 6 nitrogen and oxygen atoms in total. The molecular weight excluding hydrogens is 599 g/mol. The predicted molar refractivity (Wildman–Crippen MR) is 127 cm³/mol. The van der Waals surface area contributed by atoms with Gasteiger partial charge in [-0.25, -0.2) is 9.97 Å². The van der Waals surface area contributed by atoms with Gasteiger partial charge in [-0.1, -0.05) is 0 Å². The molecule has 0 spiro atoms. The lowest BCUT2D eigenvalue weighted by Gasteiger charge is -2.12. The summed E-state index contributed by atoms with van der Waals surface area (Å²) in [4.78, 5) is 25.2. The molecule has 4 rings (SSSR count). The van der Waals surface area contributed by atoms with Gasteiger partial charge in [-0.15, -0.1) is 22.7 Å². The molecule has 0 aromatic carbocycles. The van der Waals surface area contributed by atoms with Crippen LogP contribution in [-0.4, -0.2) is 37.5 Å². The van der Waals surface area contributed by atoms with Crippen LogP contribution in [0, 0.1) is 13.8 Å². The van der Waals surface area contributed by atoms with Crippen LogP contribution in [0.4, 0.5) is 39.5 Å². The van der Waals surface area contributed by atoms with E-state index in [2.05, 4.69) is 19.9 Å². The molecule has 4 aromatic heterocycles. The molecule has 0 saturated carbocycles. The summed E-state index contributed by atoms with van der Waals surface area (Å²) in [5.41, 5.74) is -0.934. The number of halogens is 9. The van der Waals surface area contributed by atoms with Crippen molar-refractivity contribution in [1.29, 1.82) is 0 Å². The predicted octanol–water partition coefficient (Wildman–Crippen LogP) is 7.47. The topological polar surface area (TPSA) is 88.9 Å². The Morgan fingerprint density at radius 1 is 0.750 bits per heavy atom. The number of pyridine rings is 2. The first-order valence-electron chi connectivity index (χ1n) is 10.6. The van der Waals surface area contributed by atoms with Gasteiger partial charge >= 0.3 is 18.5 Å². The molecule has 1 unspecified atom stereocenters. The van der Waals surface area contributed by atoms with Crippen molar-refractivity contribution in [2.24, 2.45) is 0 Å². The van der Waals surface area contributed by atoms with E-state index in [1.165, 1.54) is 13.0 Å². The van der Waals surface area contributed by atoms with Gasteiger partial charge in [0, 0.05) is 23.5 Å². The standard InChI is InChI=1S/C12H8F6N2OS.C11H7F3N2OS/c1-5-8(9(21)12(16,17)18)22-10(20-5)6-2-3-7(19-4-6)11(13,14)15;1-6-8(5-17)18-10(16-6)7-2-3-9(15-4-7)11(12,13)14/h2-4,9,21H,1H3;2-5H,1H3. The van der Waals surface area contributed by atoms with Crippen LogP contribution < -0.4 is 0 Å². The minimum absolute atomic E-state index is 0.0373. The second-order valence-electron chi connectivity index (χ2n) is 7.86. The van der Waals surface area contributed by atoms with Crippen molar-refractivity contribution in [2.75, 3.05) is 0 Å². The lowest BCUT2D eigenvalue weighted by atomic mass is 10.2. The molecule has 0 radical (unpaired) electrons. The molecule has 4 aromatic rings. The third kappa shape index (κ3) is 7.39. The highest BCUT2D eigenvalue weighted by Crippen LogP contribution is 2.40. The molecule has 17 heteroatoms. The fourth-order valence-corrected chi connectivity index (χ4v) is 4.89. The highest BCUT2D eigenvalue weighted by Gasteiger charge is 2.42. The van der Waals surface area contributed by atoms with Crippen LogP contribution in [0.2, 0.25) is 0 Å². The van der Waals surface area contributed by atoms with Crippen molar-refractivity contribution in [3.8, 4) is 21.1 Å². The number of aromatic nitrogens is 4. The lowest BCUT2D eigenvalue weighted by molar-refractivity contribution is -0.205. The van der Waals surface area contributed by atoms with E-state index in [1.54, 1.807) is 6.92 Å². The normalized spacial score (nSPS) is 13.0. The lowest BCUT2D eigenvalue weighted by Crippen LogP contribution is -2.19. The first-order valence-corrected chi connectivity index (χ1v) is 12.3. The second-order valence-corrected chi connectivity index (χ2v) is 9.92. The van der Waals surface area contributed by atoms with Crippen LogP contribution in [0.1, 0.15) is 43.4 Å². The summed E-state index contributed by atoms with van der Waals surface area (Å²) in [6.45, 7) is 2.95. The molecule has 0 amide bonds. The van der Waals surface area contributed by atoms with Crippen molar-refractivity contribution in [3.05, 3.63) is 69.2 Å². The molecule has 214 valence electrons. The number of hydrogen-bond acceptors (Lipinski definition) is 8. The first kappa shape index (κ1) is 31.1. The smallest absolute Gasteiger partial charge is 0.379 e. The zero-order valence-electron chi connectivity index (χ0n) is 20.0. The maximum absolute atomic E-state index is 12.5. The van der Waals surface area contributed by atoms with Gasteiger partial charge in [0.05, 0.1) is 21.1 Å². The zero-order chi connectivity index (χ0) is 30.0. The SMILES string of the molecule is Cc1nc(-c2ccc(C(F)(F)F)nc2)sc1C(O)C(F)(F)F.Cc1nc(-c2ccc(C(F)(F)F)nc2)sc1C=O. The second kappa shape index (κ2) is 11.6. The van der Waals surface area contributed by atoms with Crippen molar-refractivity contribution in [2.45, 2.75) is 38.5 Å². The zero-order valence-corrected chi connectivity index (χ0v) is 21.6. The fraction of sp³-hybridized carbons (Fsp3) is 0.261. The Morgan fingerprint density at radius 2 is 1.20 bits per heavy atom. The van der Waals surface area contributed by atoms with Gasteiger partial charge in [-0.2, -0.15) is 39.5 Å². The summed E-state index contributed by atoms with van der Waals surface area (Å²) in [5, 5.41) is 9.76. The van der Waals surface area contributed by atoms with Gasteiger partial charge in [0.1, 0.15) is 21.4 Å². The van der Waals surface area contributed by atoms with E-state index in [0.717, 1.165) is 35.9 Å². The molecule has 0 aliphatic carbocycles. The number of rotatable bonds is 4. The summed E-state index contributed by atoms with van der Waals surface area (Å²) >= 11 is 1.68. The fourth-order valence-electron chi connectivity index (χ4n) is 2.95. The number of hydrogen-bond donors (Lipinski definition) is 1. The number of aryl methyl sites for hydroxylation is 2. The molecule has 0 fully saturated rings. The number of aliphatic hydroxyl groups excluding tert-OH is 1. The van der Waals surface area contributed by atoms with E-state index < -0.39 is 40.9 Å². The Kier molecular flexibility index (Phi) is 9.00. The molecule has 1 atom stereocenters. The van der Waals surface area contributed by atoms with Crippen LogP contribution in [0.3, 0.4) is 0 Å². The van der Waals surface area contributed by atoms with Crippen LogP contribution in [0.5, 0.6) is 0 Å². The van der Waals surface area contributed by atoms with Crippen LogP contribution >= 0.6 is 22.7 Å². The summed E-state index contributed by atoms with van der Waals surface area (Å²) < 4.78 is 112. The minimum Gasteiger partial charge on any atom is -0.379 e. The van der Waals surface area contributed by atoms with Crippen LogP contribution in [0.15, 0.2) is 36.7 Å². The number of thiazole rings is 2.